The molecule has 10 heavy (non-hydrogen) atoms. The smallest absolute Gasteiger partial charge is 0.106 e. The van der Waals surface area contributed by atoms with Gasteiger partial charge in [0.1, 0.15) is 11.5 Å². The average molecular weight is 140 g/mol. The van der Waals surface area contributed by atoms with E-state index in [-0.39, 0.29) is 6.10 Å². The molecule has 2 nitrogen and oxygen atoms in total. The summed E-state index contributed by atoms with van der Waals surface area (Å²) in [6, 6.07) is 3.79. The molecule has 0 bridgehead atoms. The Morgan fingerprint density at radius 1 is 1.60 bits per heavy atom. The molecule has 0 aliphatic rings. The third-order valence-corrected chi connectivity index (χ3v) is 1.29. The number of furan rings is 1. The summed E-state index contributed by atoms with van der Waals surface area (Å²) in [5.74, 6) is 1.75. The van der Waals surface area contributed by atoms with Gasteiger partial charge in [0.15, 0.2) is 0 Å². The van der Waals surface area contributed by atoms with E-state index in [1.165, 1.54) is 0 Å². The van der Waals surface area contributed by atoms with E-state index in [0.29, 0.717) is 6.42 Å². The molecule has 56 valence electrons. The van der Waals surface area contributed by atoms with Crippen molar-refractivity contribution in [2.45, 2.75) is 26.4 Å². The van der Waals surface area contributed by atoms with Gasteiger partial charge in [-0.1, -0.05) is 0 Å². The predicted octanol–water partition coefficient (Wildman–Crippen LogP) is 1.51. The van der Waals surface area contributed by atoms with E-state index in [2.05, 4.69) is 0 Å². The van der Waals surface area contributed by atoms with E-state index in [9.17, 15) is 0 Å². The van der Waals surface area contributed by atoms with Gasteiger partial charge in [-0.25, -0.2) is 0 Å². The summed E-state index contributed by atoms with van der Waals surface area (Å²) in [6.45, 7) is 3.64. The van der Waals surface area contributed by atoms with Crippen molar-refractivity contribution in [1.82, 2.24) is 0 Å². The lowest BCUT2D eigenvalue weighted by Crippen LogP contribution is -2.02. The van der Waals surface area contributed by atoms with Crippen LogP contribution in [0, 0.1) is 6.92 Å². The minimum Gasteiger partial charge on any atom is -0.466 e. The fraction of sp³-hybridized carbons (Fsp3) is 0.500. The van der Waals surface area contributed by atoms with Gasteiger partial charge in [0, 0.05) is 6.42 Å². The lowest BCUT2D eigenvalue weighted by atomic mass is 10.2. The van der Waals surface area contributed by atoms with E-state index in [1.807, 2.05) is 19.1 Å². The van der Waals surface area contributed by atoms with Gasteiger partial charge >= 0.3 is 0 Å². The molecule has 1 aromatic rings. The Morgan fingerprint density at radius 3 is 2.70 bits per heavy atom. The fourth-order valence-corrected chi connectivity index (χ4v) is 0.886. The highest BCUT2D eigenvalue weighted by Gasteiger charge is 2.01. The van der Waals surface area contributed by atoms with Crippen molar-refractivity contribution in [3.8, 4) is 0 Å². The van der Waals surface area contributed by atoms with Crippen molar-refractivity contribution in [3.63, 3.8) is 0 Å². The van der Waals surface area contributed by atoms with Crippen molar-refractivity contribution < 1.29 is 9.52 Å². The Kier molecular flexibility index (Phi) is 2.12. The van der Waals surface area contributed by atoms with Crippen LogP contribution >= 0.6 is 0 Å². The van der Waals surface area contributed by atoms with Crippen molar-refractivity contribution in [1.29, 1.82) is 0 Å². The summed E-state index contributed by atoms with van der Waals surface area (Å²) < 4.78 is 5.23. The van der Waals surface area contributed by atoms with Gasteiger partial charge in [-0.2, -0.15) is 0 Å². The van der Waals surface area contributed by atoms with Crippen molar-refractivity contribution >= 4 is 0 Å². The molecule has 1 atom stereocenters. The van der Waals surface area contributed by atoms with Crippen molar-refractivity contribution in [2.24, 2.45) is 0 Å². The molecule has 1 N–H and O–H groups in total. The second-order valence-corrected chi connectivity index (χ2v) is 2.57. The SMILES string of the molecule is Cc1ccc(C[C@H](C)O)o1. The van der Waals surface area contributed by atoms with Gasteiger partial charge in [0.05, 0.1) is 6.10 Å². The second-order valence-electron chi connectivity index (χ2n) is 2.57. The van der Waals surface area contributed by atoms with E-state index >= 15 is 0 Å². The first kappa shape index (κ1) is 7.35. The molecule has 0 saturated heterocycles. The molecule has 0 amide bonds. The maximum Gasteiger partial charge on any atom is 0.106 e. The molecule has 1 aromatic heterocycles. The van der Waals surface area contributed by atoms with E-state index in [0.717, 1.165) is 11.5 Å². The van der Waals surface area contributed by atoms with Crippen LogP contribution in [0.25, 0.3) is 0 Å². The number of hydrogen-bond donors (Lipinski definition) is 1. The topological polar surface area (TPSA) is 33.4 Å². The third-order valence-electron chi connectivity index (χ3n) is 1.29. The predicted molar refractivity (Wildman–Crippen MR) is 38.8 cm³/mol. The monoisotopic (exact) mass is 140 g/mol. The standard InChI is InChI=1S/C8H12O2/c1-6(9)5-8-4-3-7(2)10-8/h3-4,6,9H,5H2,1-2H3/t6-/m0/s1. The first-order chi connectivity index (χ1) is 4.68. The highest BCUT2D eigenvalue weighted by atomic mass is 16.3. The Labute approximate surface area is 60.5 Å². The van der Waals surface area contributed by atoms with Crippen molar-refractivity contribution in [2.75, 3.05) is 0 Å². The van der Waals surface area contributed by atoms with Crippen LogP contribution in [0.1, 0.15) is 18.4 Å². The molecule has 0 fully saturated rings. The fourth-order valence-electron chi connectivity index (χ4n) is 0.886. The Hall–Kier alpha value is -0.760. The Morgan fingerprint density at radius 2 is 2.30 bits per heavy atom. The zero-order chi connectivity index (χ0) is 7.56. The quantitative estimate of drug-likeness (QED) is 0.675. The Balaban J connectivity index is 2.58. The molecule has 0 unspecified atom stereocenters. The van der Waals surface area contributed by atoms with Gasteiger partial charge in [0.25, 0.3) is 0 Å². The van der Waals surface area contributed by atoms with Crippen LogP contribution in [-0.2, 0) is 6.42 Å². The second kappa shape index (κ2) is 2.88. The zero-order valence-corrected chi connectivity index (χ0v) is 6.29. The van der Waals surface area contributed by atoms with Gasteiger partial charge in [-0.3, -0.25) is 0 Å². The maximum atomic E-state index is 8.96. The molecule has 0 aromatic carbocycles. The largest absolute Gasteiger partial charge is 0.466 e. The molecule has 0 spiro atoms. The van der Waals surface area contributed by atoms with E-state index < -0.39 is 0 Å². The molecule has 1 heterocycles. The lowest BCUT2D eigenvalue weighted by molar-refractivity contribution is 0.187. The number of hydrogen-bond acceptors (Lipinski definition) is 2. The van der Waals surface area contributed by atoms with Crippen LogP contribution in [0.5, 0.6) is 0 Å². The van der Waals surface area contributed by atoms with Gasteiger partial charge in [0.2, 0.25) is 0 Å². The summed E-state index contributed by atoms with van der Waals surface area (Å²) in [7, 11) is 0. The third kappa shape index (κ3) is 1.88. The summed E-state index contributed by atoms with van der Waals surface area (Å²) in [5.41, 5.74) is 0. The minimum absolute atomic E-state index is 0.314. The van der Waals surface area contributed by atoms with Crippen LogP contribution < -0.4 is 0 Å². The summed E-state index contributed by atoms with van der Waals surface area (Å²) in [6.07, 6.45) is 0.291. The van der Waals surface area contributed by atoms with Crippen molar-refractivity contribution in [3.05, 3.63) is 23.7 Å². The van der Waals surface area contributed by atoms with Crippen LogP contribution in [0.3, 0.4) is 0 Å². The minimum atomic E-state index is -0.314. The normalized spacial score (nSPS) is 13.5. The highest BCUT2D eigenvalue weighted by Crippen LogP contribution is 2.08. The number of aliphatic hydroxyl groups is 1. The number of rotatable bonds is 2. The first-order valence-electron chi connectivity index (χ1n) is 3.42. The average Bonchev–Trinajstić information content (AvgIpc) is 2.13. The van der Waals surface area contributed by atoms with Gasteiger partial charge in [-0.05, 0) is 26.0 Å². The molecule has 0 aliphatic carbocycles. The van der Waals surface area contributed by atoms with Crippen LogP contribution in [0.15, 0.2) is 16.5 Å². The molecule has 2 heteroatoms. The van der Waals surface area contributed by atoms with Crippen LogP contribution in [0.4, 0.5) is 0 Å². The number of aryl methyl sites for hydroxylation is 1. The van der Waals surface area contributed by atoms with E-state index in [4.69, 9.17) is 9.52 Å². The lowest BCUT2D eigenvalue weighted by Gasteiger charge is -1.98. The summed E-state index contributed by atoms with van der Waals surface area (Å²) in [5, 5.41) is 8.96. The van der Waals surface area contributed by atoms with Crippen LogP contribution in [-0.4, -0.2) is 11.2 Å². The first-order valence-corrected chi connectivity index (χ1v) is 3.42. The van der Waals surface area contributed by atoms with E-state index in [1.54, 1.807) is 6.92 Å². The maximum absolute atomic E-state index is 8.96. The Bertz CT molecular complexity index is 201. The molecular formula is C8H12O2. The molecule has 0 radical (unpaired) electrons. The zero-order valence-electron chi connectivity index (χ0n) is 6.29. The summed E-state index contributed by atoms with van der Waals surface area (Å²) in [4.78, 5) is 0. The molecule has 0 aliphatic heterocycles. The van der Waals surface area contributed by atoms with Gasteiger partial charge < -0.3 is 9.52 Å². The molecular weight excluding hydrogens is 128 g/mol. The highest BCUT2D eigenvalue weighted by molar-refractivity contribution is 5.05. The van der Waals surface area contributed by atoms with Crippen LogP contribution in [0.2, 0.25) is 0 Å². The summed E-state index contributed by atoms with van der Waals surface area (Å²) >= 11 is 0. The van der Waals surface area contributed by atoms with Gasteiger partial charge in [-0.15, -0.1) is 0 Å². The molecule has 0 saturated carbocycles. The molecule has 1 rings (SSSR count). The number of aliphatic hydroxyl groups excluding tert-OH is 1.